The fraction of sp³-hybridized carbons (Fsp3) is 0.188. The molecule has 2 aromatic rings. The van der Waals surface area contributed by atoms with Gasteiger partial charge in [0.05, 0.1) is 16.3 Å². The van der Waals surface area contributed by atoms with Gasteiger partial charge in [-0.1, -0.05) is 29.8 Å². The van der Waals surface area contributed by atoms with Gasteiger partial charge in [-0.2, -0.15) is 0 Å². The van der Waals surface area contributed by atoms with Gasteiger partial charge >= 0.3 is 0 Å². The molecule has 0 saturated heterocycles. The first kappa shape index (κ1) is 15.3. The minimum absolute atomic E-state index is 0.0265. The van der Waals surface area contributed by atoms with Crippen LogP contribution in [0.25, 0.3) is 0 Å². The lowest BCUT2D eigenvalue weighted by Gasteiger charge is -2.15. The van der Waals surface area contributed by atoms with E-state index in [4.69, 9.17) is 11.6 Å². The topological polar surface area (TPSA) is 41.1 Å². The second-order valence-electron chi connectivity index (χ2n) is 4.90. The number of hydrogen-bond donors (Lipinski definition) is 2. The van der Waals surface area contributed by atoms with Crippen molar-refractivity contribution < 1.29 is 9.18 Å². The second kappa shape index (κ2) is 6.59. The van der Waals surface area contributed by atoms with E-state index in [0.717, 1.165) is 0 Å². The summed E-state index contributed by atoms with van der Waals surface area (Å²) < 4.78 is 13.8. The molecular formula is C16H16ClFN2O. The molecule has 0 unspecified atom stereocenters. The molecule has 0 fully saturated rings. The maximum absolute atomic E-state index is 13.8. The number of para-hydroxylation sites is 1. The molecule has 2 aromatic carbocycles. The number of nitrogens with one attached hydrogen (secondary N) is 2. The third-order valence-electron chi connectivity index (χ3n) is 2.82. The SMILES string of the molecule is CC(C)Nc1ccccc1C(=O)Nc1cccc(Cl)c1F. The van der Waals surface area contributed by atoms with Crippen LogP contribution < -0.4 is 10.6 Å². The van der Waals surface area contributed by atoms with Crippen LogP contribution in [0.4, 0.5) is 15.8 Å². The maximum atomic E-state index is 13.8. The minimum Gasteiger partial charge on any atom is -0.382 e. The summed E-state index contributed by atoms with van der Waals surface area (Å²) >= 11 is 5.70. The number of hydrogen-bond acceptors (Lipinski definition) is 2. The second-order valence-corrected chi connectivity index (χ2v) is 5.31. The number of rotatable bonds is 4. The molecule has 0 heterocycles. The van der Waals surface area contributed by atoms with Gasteiger partial charge in [-0.25, -0.2) is 4.39 Å². The highest BCUT2D eigenvalue weighted by Gasteiger charge is 2.14. The Morgan fingerprint density at radius 1 is 1.10 bits per heavy atom. The molecule has 0 saturated carbocycles. The van der Waals surface area contributed by atoms with Crippen LogP contribution in [0.1, 0.15) is 24.2 Å². The van der Waals surface area contributed by atoms with Gasteiger partial charge in [0.15, 0.2) is 5.82 Å². The number of carbonyl (C=O) groups is 1. The van der Waals surface area contributed by atoms with Crippen LogP contribution in [0.5, 0.6) is 0 Å². The molecule has 3 nitrogen and oxygen atoms in total. The lowest BCUT2D eigenvalue weighted by atomic mass is 10.1. The Morgan fingerprint density at radius 3 is 2.48 bits per heavy atom. The van der Waals surface area contributed by atoms with Crippen molar-refractivity contribution in [3.63, 3.8) is 0 Å². The molecular weight excluding hydrogens is 291 g/mol. The first-order valence-corrected chi connectivity index (χ1v) is 6.97. The van der Waals surface area contributed by atoms with E-state index in [1.165, 1.54) is 12.1 Å². The van der Waals surface area contributed by atoms with Crippen molar-refractivity contribution in [1.29, 1.82) is 0 Å². The van der Waals surface area contributed by atoms with Crippen LogP contribution in [0.2, 0.25) is 5.02 Å². The molecule has 0 bridgehead atoms. The zero-order chi connectivity index (χ0) is 15.4. The Morgan fingerprint density at radius 2 is 1.76 bits per heavy atom. The molecule has 21 heavy (non-hydrogen) atoms. The van der Waals surface area contributed by atoms with Gasteiger partial charge in [0.25, 0.3) is 5.91 Å². The minimum atomic E-state index is -0.637. The fourth-order valence-corrected chi connectivity index (χ4v) is 2.08. The first-order chi connectivity index (χ1) is 9.99. The van der Waals surface area contributed by atoms with E-state index < -0.39 is 5.82 Å². The maximum Gasteiger partial charge on any atom is 0.257 e. The summed E-state index contributed by atoms with van der Waals surface area (Å²) in [6.07, 6.45) is 0. The van der Waals surface area contributed by atoms with E-state index in [1.807, 2.05) is 26.0 Å². The van der Waals surface area contributed by atoms with Gasteiger partial charge in [-0.15, -0.1) is 0 Å². The summed E-state index contributed by atoms with van der Waals surface area (Å²) in [5, 5.41) is 5.70. The summed E-state index contributed by atoms with van der Waals surface area (Å²) in [6.45, 7) is 3.96. The highest BCUT2D eigenvalue weighted by molar-refractivity contribution is 6.31. The molecule has 0 atom stereocenters. The fourth-order valence-electron chi connectivity index (χ4n) is 1.91. The Hall–Kier alpha value is -2.07. The number of benzene rings is 2. The molecule has 0 aliphatic carbocycles. The van der Waals surface area contributed by atoms with Crippen LogP contribution in [-0.4, -0.2) is 11.9 Å². The molecule has 0 aromatic heterocycles. The quantitative estimate of drug-likeness (QED) is 0.870. The molecule has 5 heteroatoms. The van der Waals surface area contributed by atoms with Crippen molar-refractivity contribution in [2.24, 2.45) is 0 Å². The molecule has 2 N–H and O–H groups in total. The Labute approximate surface area is 128 Å². The van der Waals surface area contributed by atoms with Crippen molar-refractivity contribution in [2.45, 2.75) is 19.9 Å². The molecule has 0 aliphatic heterocycles. The number of anilines is 2. The lowest BCUT2D eigenvalue weighted by Crippen LogP contribution is -2.18. The van der Waals surface area contributed by atoms with E-state index in [-0.39, 0.29) is 22.7 Å². The summed E-state index contributed by atoms with van der Waals surface area (Å²) in [7, 11) is 0. The zero-order valence-corrected chi connectivity index (χ0v) is 12.5. The summed E-state index contributed by atoms with van der Waals surface area (Å²) in [6, 6.07) is 11.8. The van der Waals surface area contributed by atoms with Crippen LogP contribution >= 0.6 is 11.6 Å². The van der Waals surface area contributed by atoms with Crippen LogP contribution in [0.3, 0.4) is 0 Å². The van der Waals surface area contributed by atoms with Crippen LogP contribution in [-0.2, 0) is 0 Å². The number of halogens is 2. The molecule has 0 aliphatic rings. The summed E-state index contributed by atoms with van der Waals surface area (Å²) in [5.41, 5.74) is 1.21. The molecule has 0 radical (unpaired) electrons. The Balaban J connectivity index is 2.27. The lowest BCUT2D eigenvalue weighted by molar-refractivity contribution is 0.102. The number of carbonyl (C=O) groups excluding carboxylic acids is 1. The smallest absolute Gasteiger partial charge is 0.257 e. The third-order valence-corrected chi connectivity index (χ3v) is 3.11. The van der Waals surface area contributed by atoms with Gasteiger partial charge < -0.3 is 10.6 Å². The molecule has 0 spiro atoms. The molecule has 2 rings (SSSR count). The van der Waals surface area contributed by atoms with Crippen molar-refractivity contribution in [1.82, 2.24) is 0 Å². The van der Waals surface area contributed by atoms with E-state index >= 15 is 0 Å². The molecule has 1 amide bonds. The van der Waals surface area contributed by atoms with E-state index in [9.17, 15) is 9.18 Å². The Kier molecular flexibility index (Phi) is 4.81. The predicted molar refractivity (Wildman–Crippen MR) is 84.6 cm³/mol. The van der Waals surface area contributed by atoms with E-state index in [0.29, 0.717) is 11.3 Å². The van der Waals surface area contributed by atoms with Crippen molar-refractivity contribution in [3.8, 4) is 0 Å². The van der Waals surface area contributed by atoms with Gasteiger partial charge in [-0.05, 0) is 38.1 Å². The summed E-state index contributed by atoms with van der Waals surface area (Å²) in [5.74, 6) is -1.03. The summed E-state index contributed by atoms with van der Waals surface area (Å²) in [4.78, 5) is 12.3. The first-order valence-electron chi connectivity index (χ1n) is 6.60. The van der Waals surface area contributed by atoms with Crippen molar-refractivity contribution in [2.75, 3.05) is 10.6 Å². The van der Waals surface area contributed by atoms with Crippen LogP contribution in [0.15, 0.2) is 42.5 Å². The van der Waals surface area contributed by atoms with Gasteiger partial charge in [0.1, 0.15) is 0 Å². The average Bonchev–Trinajstić information content (AvgIpc) is 2.44. The normalized spacial score (nSPS) is 10.5. The predicted octanol–water partition coefficient (Wildman–Crippen LogP) is 4.55. The number of amides is 1. The zero-order valence-electron chi connectivity index (χ0n) is 11.8. The van der Waals surface area contributed by atoms with Gasteiger partial charge in [0.2, 0.25) is 0 Å². The highest BCUT2D eigenvalue weighted by atomic mass is 35.5. The van der Waals surface area contributed by atoms with Crippen molar-refractivity contribution >= 4 is 28.9 Å². The van der Waals surface area contributed by atoms with Crippen LogP contribution in [0, 0.1) is 5.82 Å². The monoisotopic (exact) mass is 306 g/mol. The standard InChI is InChI=1S/C16H16ClFN2O/c1-10(2)19-13-8-4-3-6-11(13)16(21)20-14-9-5-7-12(17)15(14)18/h3-10,19H,1-2H3,(H,20,21). The third kappa shape index (κ3) is 3.73. The highest BCUT2D eigenvalue weighted by Crippen LogP contribution is 2.24. The largest absolute Gasteiger partial charge is 0.382 e. The van der Waals surface area contributed by atoms with Crippen molar-refractivity contribution in [3.05, 3.63) is 58.9 Å². The van der Waals surface area contributed by atoms with Gasteiger partial charge in [0, 0.05) is 11.7 Å². The van der Waals surface area contributed by atoms with E-state index in [2.05, 4.69) is 10.6 Å². The van der Waals surface area contributed by atoms with E-state index in [1.54, 1.807) is 18.2 Å². The molecule has 110 valence electrons. The Bertz CT molecular complexity index is 658. The van der Waals surface area contributed by atoms with Gasteiger partial charge in [-0.3, -0.25) is 4.79 Å². The average molecular weight is 307 g/mol.